The summed E-state index contributed by atoms with van der Waals surface area (Å²) in [6.45, 7) is 1.77. The highest BCUT2D eigenvalue weighted by Crippen LogP contribution is 2.24. The van der Waals surface area contributed by atoms with Gasteiger partial charge in [-0.1, -0.05) is 48.0 Å². The van der Waals surface area contributed by atoms with Crippen molar-refractivity contribution >= 4 is 24.0 Å². The fourth-order valence-corrected chi connectivity index (χ4v) is 2.21. The van der Waals surface area contributed by atoms with Gasteiger partial charge in [0, 0.05) is 6.54 Å². The first-order valence-corrected chi connectivity index (χ1v) is 6.74. The molecule has 0 fully saturated rings. The van der Waals surface area contributed by atoms with Crippen LogP contribution in [-0.2, 0) is 13.0 Å². The van der Waals surface area contributed by atoms with E-state index in [-0.39, 0.29) is 12.4 Å². The number of nitrogens with one attached hydrogen (secondary N) is 1. The number of halogens is 2. The van der Waals surface area contributed by atoms with Crippen molar-refractivity contribution in [3.05, 3.63) is 64.7 Å². The summed E-state index contributed by atoms with van der Waals surface area (Å²) in [5, 5.41) is 4.07. The van der Waals surface area contributed by atoms with Crippen molar-refractivity contribution in [2.75, 3.05) is 13.7 Å². The number of hydrogen-bond acceptors (Lipinski definition) is 2. The van der Waals surface area contributed by atoms with E-state index in [0.717, 1.165) is 25.3 Å². The molecule has 0 unspecified atom stereocenters. The first-order valence-electron chi connectivity index (χ1n) is 6.36. The molecule has 0 atom stereocenters. The van der Waals surface area contributed by atoms with Gasteiger partial charge in [0.05, 0.1) is 12.1 Å². The average Bonchev–Trinajstić information content (AvgIpc) is 2.45. The van der Waals surface area contributed by atoms with Gasteiger partial charge in [-0.15, -0.1) is 12.4 Å². The molecule has 0 aromatic heterocycles. The summed E-state index contributed by atoms with van der Waals surface area (Å²) >= 11 is 6.09. The van der Waals surface area contributed by atoms with Gasteiger partial charge in [-0.2, -0.15) is 0 Å². The molecule has 0 heterocycles. The third-order valence-electron chi connectivity index (χ3n) is 2.98. The summed E-state index contributed by atoms with van der Waals surface area (Å²) in [6, 6.07) is 16.3. The second-order valence-electron chi connectivity index (χ2n) is 4.38. The molecule has 2 rings (SSSR count). The molecule has 0 aliphatic heterocycles. The topological polar surface area (TPSA) is 21.3 Å². The molecule has 2 aromatic rings. The molecule has 2 aromatic carbocycles. The fraction of sp³-hybridized carbons (Fsp3) is 0.250. The van der Waals surface area contributed by atoms with E-state index >= 15 is 0 Å². The standard InChI is InChI=1S/C16H18ClNO.ClH/c1-19-16-8-7-14(11-15(16)17)12-18-10-9-13-5-3-2-4-6-13;/h2-8,11,18H,9-10,12H2,1H3;1H. The molecule has 108 valence electrons. The van der Waals surface area contributed by atoms with Crippen LogP contribution in [0.5, 0.6) is 5.75 Å². The molecular formula is C16H19Cl2NO. The van der Waals surface area contributed by atoms with E-state index in [9.17, 15) is 0 Å². The Bertz CT molecular complexity index is 517. The predicted molar refractivity (Wildman–Crippen MR) is 87.1 cm³/mol. The van der Waals surface area contributed by atoms with Crippen LogP contribution in [0.3, 0.4) is 0 Å². The first kappa shape index (κ1) is 16.8. The third-order valence-corrected chi connectivity index (χ3v) is 3.27. The quantitative estimate of drug-likeness (QED) is 0.811. The Hall–Kier alpha value is -1.22. The van der Waals surface area contributed by atoms with Crippen molar-refractivity contribution in [2.24, 2.45) is 0 Å². The van der Waals surface area contributed by atoms with Crippen molar-refractivity contribution in [3.63, 3.8) is 0 Å². The van der Waals surface area contributed by atoms with Gasteiger partial charge in [-0.25, -0.2) is 0 Å². The van der Waals surface area contributed by atoms with E-state index in [1.165, 1.54) is 11.1 Å². The van der Waals surface area contributed by atoms with Crippen molar-refractivity contribution in [3.8, 4) is 5.75 Å². The molecule has 0 amide bonds. The smallest absolute Gasteiger partial charge is 0.137 e. The maximum atomic E-state index is 6.09. The predicted octanol–water partition coefficient (Wildman–Crippen LogP) is 4.10. The van der Waals surface area contributed by atoms with E-state index in [1.807, 2.05) is 24.3 Å². The van der Waals surface area contributed by atoms with E-state index < -0.39 is 0 Å². The van der Waals surface area contributed by atoms with E-state index in [2.05, 4.69) is 29.6 Å². The number of methoxy groups -OCH3 is 1. The Labute approximate surface area is 131 Å². The maximum Gasteiger partial charge on any atom is 0.137 e. The molecule has 0 saturated heterocycles. The van der Waals surface area contributed by atoms with Gasteiger partial charge in [0.15, 0.2) is 0 Å². The second kappa shape index (κ2) is 8.85. The molecule has 0 saturated carbocycles. The largest absolute Gasteiger partial charge is 0.495 e. The van der Waals surface area contributed by atoms with E-state index in [0.29, 0.717) is 5.02 Å². The van der Waals surface area contributed by atoms with Crippen molar-refractivity contribution in [1.29, 1.82) is 0 Å². The Morgan fingerprint density at radius 1 is 1.05 bits per heavy atom. The molecule has 0 aliphatic rings. The fourth-order valence-electron chi connectivity index (χ4n) is 1.93. The van der Waals surface area contributed by atoms with Crippen LogP contribution in [0.2, 0.25) is 5.02 Å². The third kappa shape index (κ3) is 5.04. The van der Waals surface area contributed by atoms with Crippen LogP contribution < -0.4 is 10.1 Å². The lowest BCUT2D eigenvalue weighted by Gasteiger charge is -2.08. The van der Waals surface area contributed by atoms with Crippen LogP contribution >= 0.6 is 24.0 Å². The Balaban J connectivity index is 0.00000200. The molecule has 0 aliphatic carbocycles. The van der Waals surface area contributed by atoms with Gasteiger partial charge < -0.3 is 10.1 Å². The summed E-state index contributed by atoms with van der Waals surface area (Å²) in [5.41, 5.74) is 2.52. The minimum atomic E-state index is 0. The highest BCUT2D eigenvalue weighted by atomic mass is 35.5. The average molecular weight is 312 g/mol. The minimum absolute atomic E-state index is 0. The van der Waals surface area contributed by atoms with Gasteiger partial charge in [-0.3, -0.25) is 0 Å². The first-order chi connectivity index (χ1) is 9.29. The monoisotopic (exact) mass is 311 g/mol. The summed E-state index contributed by atoms with van der Waals surface area (Å²) in [5.74, 6) is 0.717. The normalized spacial score (nSPS) is 9.90. The van der Waals surface area contributed by atoms with Gasteiger partial charge in [0.25, 0.3) is 0 Å². The SMILES string of the molecule is COc1ccc(CNCCc2ccccc2)cc1Cl.Cl. The number of hydrogen-bond donors (Lipinski definition) is 1. The van der Waals surface area contributed by atoms with E-state index in [1.54, 1.807) is 7.11 Å². The lowest BCUT2D eigenvalue weighted by Crippen LogP contribution is -2.16. The maximum absolute atomic E-state index is 6.09. The van der Waals surface area contributed by atoms with Gasteiger partial charge in [0.2, 0.25) is 0 Å². The molecule has 0 bridgehead atoms. The van der Waals surface area contributed by atoms with Gasteiger partial charge in [0.1, 0.15) is 5.75 Å². The Morgan fingerprint density at radius 2 is 1.80 bits per heavy atom. The molecule has 1 N–H and O–H groups in total. The Kier molecular flexibility index (Phi) is 7.45. The van der Waals surface area contributed by atoms with Crippen LogP contribution in [0.4, 0.5) is 0 Å². The lowest BCUT2D eigenvalue weighted by molar-refractivity contribution is 0.415. The molecule has 4 heteroatoms. The number of ether oxygens (including phenoxy) is 1. The van der Waals surface area contributed by atoms with Crippen LogP contribution in [0, 0.1) is 0 Å². The molecular weight excluding hydrogens is 293 g/mol. The zero-order valence-corrected chi connectivity index (χ0v) is 13.0. The van der Waals surface area contributed by atoms with Crippen LogP contribution in [-0.4, -0.2) is 13.7 Å². The zero-order valence-electron chi connectivity index (χ0n) is 11.4. The second-order valence-corrected chi connectivity index (χ2v) is 4.79. The zero-order chi connectivity index (χ0) is 13.5. The molecule has 2 nitrogen and oxygen atoms in total. The van der Waals surface area contributed by atoms with Crippen molar-refractivity contribution in [1.82, 2.24) is 5.32 Å². The summed E-state index contributed by atoms with van der Waals surface area (Å²) in [4.78, 5) is 0. The molecule has 0 spiro atoms. The van der Waals surface area contributed by atoms with Gasteiger partial charge in [-0.05, 0) is 36.2 Å². The van der Waals surface area contributed by atoms with Crippen LogP contribution in [0.1, 0.15) is 11.1 Å². The van der Waals surface area contributed by atoms with Crippen molar-refractivity contribution in [2.45, 2.75) is 13.0 Å². The summed E-state index contributed by atoms with van der Waals surface area (Å²) < 4.78 is 5.13. The summed E-state index contributed by atoms with van der Waals surface area (Å²) in [6.07, 6.45) is 1.03. The Morgan fingerprint density at radius 3 is 2.45 bits per heavy atom. The van der Waals surface area contributed by atoms with E-state index in [4.69, 9.17) is 16.3 Å². The lowest BCUT2D eigenvalue weighted by atomic mass is 10.1. The molecule has 20 heavy (non-hydrogen) atoms. The highest BCUT2D eigenvalue weighted by Gasteiger charge is 2.01. The minimum Gasteiger partial charge on any atom is -0.495 e. The number of benzene rings is 2. The summed E-state index contributed by atoms with van der Waals surface area (Å²) in [7, 11) is 1.62. The highest BCUT2D eigenvalue weighted by molar-refractivity contribution is 6.32. The van der Waals surface area contributed by atoms with Crippen LogP contribution in [0.25, 0.3) is 0 Å². The molecule has 0 radical (unpaired) electrons. The van der Waals surface area contributed by atoms with Crippen molar-refractivity contribution < 1.29 is 4.74 Å². The van der Waals surface area contributed by atoms with Crippen LogP contribution in [0.15, 0.2) is 48.5 Å². The van der Waals surface area contributed by atoms with Gasteiger partial charge >= 0.3 is 0 Å². The number of rotatable bonds is 6.